The number of aliphatic hydroxyl groups is 2. The zero-order valence-corrected chi connectivity index (χ0v) is 12.7. The van der Waals surface area contributed by atoms with Crippen molar-refractivity contribution in [2.45, 2.75) is 38.1 Å². The van der Waals surface area contributed by atoms with E-state index in [1.165, 1.54) is 6.92 Å². The number of rotatable bonds is 4. The Balaban J connectivity index is 1.68. The summed E-state index contributed by atoms with van der Waals surface area (Å²) in [6.45, 7) is 1.81. The molecule has 3 rings (SSSR count). The van der Waals surface area contributed by atoms with Crippen molar-refractivity contribution in [2.24, 2.45) is 5.92 Å². The number of nitrogens with one attached hydrogen (secondary N) is 1. The molecule has 0 saturated heterocycles. The second kappa shape index (κ2) is 6.43. The summed E-state index contributed by atoms with van der Waals surface area (Å²) < 4.78 is 1.64. The van der Waals surface area contributed by atoms with Crippen LogP contribution in [0.15, 0.2) is 30.7 Å². The number of amides is 1. The molecule has 0 unspecified atom stereocenters. The molecule has 1 amide bonds. The highest BCUT2D eigenvalue weighted by atomic mass is 16.3. The molecule has 2 aromatic heterocycles. The molecular weight excluding hydrogens is 298 g/mol. The fraction of sp³-hybridized carbons (Fsp3) is 0.467. The number of carbonyl (C=O) groups is 1. The Morgan fingerprint density at radius 2 is 2.26 bits per heavy atom. The van der Waals surface area contributed by atoms with Crippen LogP contribution in [0.3, 0.4) is 0 Å². The van der Waals surface area contributed by atoms with Crippen LogP contribution in [-0.4, -0.2) is 54.3 Å². The van der Waals surface area contributed by atoms with Crippen LogP contribution in [0.4, 0.5) is 0 Å². The lowest BCUT2D eigenvalue weighted by Crippen LogP contribution is -2.42. The summed E-state index contributed by atoms with van der Waals surface area (Å²) in [5, 5.41) is 31.0. The topological polar surface area (TPSA) is 113 Å². The SMILES string of the molecule is CC(=O)N[C@@H]1C[C@H](Cn2cc(-c3cccnc3)nn2)[C@@H](O)[C@H]1O. The first-order valence-electron chi connectivity index (χ1n) is 7.48. The van der Waals surface area contributed by atoms with Gasteiger partial charge in [-0.1, -0.05) is 5.21 Å². The number of carbonyl (C=O) groups excluding carboxylic acids is 1. The van der Waals surface area contributed by atoms with Crippen LogP contribution in [0.5, 0.6) is 0 Å². The van der Waals surface area contributed by atoms with E-state index >= 15 is 0 Å². The first-order valence-corrected chi connectivity index (χ1v) is 7.48. The van der Waals surface area contributed by atoms with E-state index in [4.69, 9.17) is 0 Å². The summed E-state index contributed by atoms with van der Waals surface area (Å²) in [4.78, 5) is 15.2. The highest BCUT2D eigenvalue weighted by Gasteiger charge is 2.42. The lowest BCUT2D eigenvalue weighted by Gasteiger charge is -2.17. The maximum absolute atomic E-state index is 11.1. The highest BCUT2D eigenvalue weighted by Crippen LogP contribution is 2.28. The third-order valence-electron chi connectivity index (χ3n) is 4.11. The first kappa shape index (κ1) is 15.6. The Labute approximate surface area is 133 Å². The maximum Gasteiger partial charge on any atom is 0.217 e. The van der Waals surface area contributed by atoms with Gasteiger partial charge in [0, 0.05) is 37.3 Å². The van der Waals surface area contributed by atoms with Crippen LogP contribution in [0.2, 0.25) is 0 Å². The van der Waals surface area contributed by atoms with Crippen molar-refractivity contribution < 1.29 is 15.0 Å². The molecule has 4 atom stereocenters. The normalized spacial score (nSPS) is 27.1. The fourth-order valence-corrected chi connectivity index (χ4v) is 2.98. The van der Waals surface area contributed by atoms with E-state index in [2.05, 4.69) is 20.6 Å². The molecule has 8 nitrogen and oxygen atoms in total. The van der Waals surface area contributed by atoms with E-state index in [0.717, 1.165) is 5.56 Å². The summed E-state index contributed by atoms with van der Waals surface area (Å²) in [5.41, 5.74) is 1.56. The molecule has 23 heavy (non-hydrogen) atoms. The maximum atomic E-state index is 11.1. The van der Waals surface area contributed by atoms with Crippen molar-refractivity contribution in [1.29, 1.82) is 0 Å². The van der Waals surface area contributed by atoms with Gasteiger partial charge in [0.25, 0.3) is 0 Å². The van der Waals surface area contributed by atoms with Gasteiger partial charge in [-0.25, -0.2) is 0 Å². The zero-order chi connectivity index (χ0) is 16.4. The molecule has 1 aliphatic carbocycles. The number of aliphatic hydroxyl groups excluding tert-OH is 2. The molecule has 1 fully saturated rings. The fourth-order valence-electron chi connectivity index (χ4n) is 2.98. The van der Waals surface area contributed by atoms with Gasteiger partial charge in [0.1, 0.15) is 11.8 Å². The third-order valence-corrected chi connectivity index (χ3v) is 4.11. The molecule has 2 heterocycles. The van der Waals surface area contributed by atoms with E-state index in [1.54, 1.807) is 23.3 Å². The van der Waals surface area contributed by atoms with Crippen molar-refractivity contribution in [3.63, 3.8) is 0 Å². The largest absolute Gasteiger partial charge is 0.390 e. The van der Waals surface area contributed by atoms with Crippen molar-refractivity contribution in [1.82, 2.24) is 25.3 Å². The van der Waals surface area contributed by atoms with E-state index in [0.29, 0.717) is 18.7 Å². The molecule has 8 heteroatoms. The Morgan fingerprint density at radius 3 is 2.96 bits per heavy atom. The van der Waals surface area contributed by atoms with Crippen LogP contribution < -0.4 is 5.32 Å². The first-order chi connectivity index (χ1) is 11.0. The predicted octanol–water partition coefficient (Wildman–Crippen LogP) is -0.414. The molecule has 122 valence electrons. The van der Waals surface area contributed by atoms with Crippen LogP contribution in [-0.2, 0) is 11.3 Å². The average Bonchev–Trinajstić information content (AvgIpc) is 3.10. The summed E-state index contributed by atoms with van der Waals surface area (Å²) in [6, 6.07) is 3.28. The van der Waals surface area contributed by atoms with E-state index in [-0.39, 0.29) is 11.8 Å². The lowest BCUT2D eigenvalue weighted by molar-refractivity contribution is -0.120. The Bertz CT molecular complexity index is 675. The van der Waals surface area contributed by atoms with E-state index < -0.39 is 18.2 Å². The van der Waals surface area contributed by atoms with Gasteiger partial charge in [-0.15, -0.1) is 5.10 Å². The van der Waals surface area contributed by atoms with E-state index in [1.807, 2.05) is 12.1 Å². The molecule has 0 aromatic carbocycles. The van der Waals surface area contributed by atoms with Gasteiger partial charge in [0.15, 0.2) is 0 Å². The van der Waals surface area contributed by atoms with Crippen molar-refractivity contribution in [2.75, 3.05) is 0 Å². The predicted molar refractivity (Wildman–Crippen MR) is 81.0 cm³/mol. The number of hydrogen-bond donors (Lipinski definition) is 3. The van der Waals surface area contributed by atoms with Gasteiger partial charge in [-0.2, -0.15) is 0 Å². The van der Waals surface area contributed by atoms with E-state index in [9.17, 15) is 15.0 Å². The van der Waals surface area contributed by atoms with Gasteiger partial charge in [-0.05, 0) is 18.6 Å². The molecule has 0 aliphatic heterocycles. The second-order valence-corrected chi connectivity index (χ2v) is 5.85. The number of aromatic nitrogens is 4. The smallest absolute Gasteiger partial charge is 0.217 e. The molecule has 2 aromatic rings. The summed E-state index contributed by atoms with van der Waals surface area (Å²) in [6.07, 6.45) is 3.79. The Morgan fingerprint density at radius 1 is 1.43 bits per heavy atom. The minimum atomic E-state index is -0.967. The molecule has 3 N–H and O–H groups in total. The minimum absolute atomic E-state index is 0.203. The van der Waals surface area contributed by atoms with Crippen molar-refractivity contribution in [3.05, 3.63) is 30.7 Å². The lowest BCUT2D eigenvalue weighted by atomic mass is 10.1. The molecule has 1 saturated carbocycles. The standard InChI is InChI=1S/C15H19N5O3/c1-9(21)17-12-5-11(14(22)15(12)23)7-20-8-13(18-19-20)10-3-2-4-16-6-10/h2-4,6,8,11-12,14-15,22-23H,5,7H2,1H3,(H,17,21)/t11-,12-,14-,15+/m1/s1. The molecule has 0 bridgehead atoms. The summed E-state index contributed by atoms with van der Waals surface area (Å²) >= 11 is 0. The van der Waals surface area contributed by atoms with Gasteiger partial charge in [-0.3, -0.25) is 14.5 Å². The van der Waals surface area contributed by atoms with Gasteiger partial charge in [0.05, 0.1) is 18.3 Å². The summed E-state index contributed by atoms with van der Waals surface area (Å²) in [5.74, 6) is -0.424. The highest BCUT2D eigenvalue weighted by molar-refractivity contribution is 5.73. The Hall–Kier alpha value is -2.32. The Kier molecular flexibility index (Phi) is 4.35. The quantitative estimate of drug-likeness (QED) is 0.706. The molecule has 0 spiro atoms. The number of pyridine rings is 1. The molecular formula is C15H19N5O3. The van der Waals surface area contributed by atoms with Gasteiger partial charge in [0.2, 0.25) is 5.91 Å². The van der Waals surface area contributed by atoms with Crippen LogP contribution >= 0.6 is 0 Å². The van der Waals surface area contributed by atoms with Crippen molar-refractivity contribution in [3.8, 4) is 11.3 Å². The number of hydrogen-bond acceptors (Lipinski definition) is 6. The molecule has 1 aliphatic rings. The third kappa shape index (κ3) is 3.38. The van der Waals surface area contributed by atoms with Crippen LogP contribution in [0.25, 0.3) is 11.3 Å². The minimum Gasteiger partial charge on any atom is -0.390 e. The van der Waals surface area contributed by atoms with Crippen molar-refractivity contribution >= 4 is 5.91 Å². The second-order valence-electron chi connectivity index (χ2n) is 5.85. The van der Waals surface area contributed by atoms with Crippen LogP contribution in [0.1, 0.15) is 13.3 Å². The van der Waals surface area contributed by atoms with Crippen LogP contribution in [0, 0.1) is 5.92 Å². The zero-order valence-electron chi connectivity index (χ0n) is 12.7. The summed E-state index contributed by atoms with van der Waals surface area (Å²) in [7, 11) is 0. The average molecular weight is 317 g/mol. The number of nitrogens with zero attached hydrogens (tertiary/aromatic N) is 4. The monoisotopic (exact) mass is 317 g/mol. The van der Waals surface area contributed by atoms with Gasteiger partial charge >= 0.3 is 0 Å². The van der Waals surface area contributed by atoms with Gasteiger partial charge < -0.3 is 15.5 Å². The molecule has 0 radical (unpaired) electrons.